The maximum atomic E-state index is 13.6. The number of carbonyl (C=O) groups is 1. The van der Waals surface area contributed by atoms with Crippen LogP contribution in [0.5, 0.6) is 5.75 Å². The summed E-state index contributed by atoms with van der Waals surface area (Å²) < 4.78 is 19.0. The molecule has 2 aromatic rings. The quantitative estimate of drug-likeness (QED) is 0.920. The summed E-state index contributed by atoms with van der Waals surface area (Å²) >= 11 is 0. The van der Waals surface area contributed by atoms with Crippen molar-refractivity contribution < 1.29 is 13.9 Å². The van der Waals surface area contributed by atoms with Gasteiger partial charge in [0.25, 0.3) is 5.91 Å². The second-order valence-electron chi connectivity index (χ2n) is 4.40. The smallest absolute Gasteiger partial charge is 0.258 e. The van der Waals surface area contributed by atoms with Crippen molar-refractivity contribution >= 4 is 11.6 Å². The molecule has 0 bridgehead atoms. The molecule has 0 heterocycles. The Balaban J connectivity index is 2.19. The molecule has 0 radical (unpaired) electrons. The first kappa shape index (κ1) is 14.1. The lowest BCUT2D eigenvalue weighted by Crippen LogP contribution is -2.14. The molecule has 0 saturated heterocycles. The standard InChI is InChI=1S/C16H16FNO2/c1-3-20-13-6-4-5-12(10-13)18-16(19)14-9-11(2)7-8-15(14)17/h4-10H,3H2,1-2H3,(H,18,19). The van der Waals surface area contributed by atoms with Gasteiger partial charge in [0.2, 0.25) is 0 Å². The lowest BCUT2D eigenvalue weighted by molar-refractivity contribution is 0.102. The van der Waals surface area contributed by atoms with Gasteiger partial charge in [0.1, 0.15) is 11.6 Å². The summed E-state index contributed by atoms with van der Waals surface area (Å²) in [5.74, 6) is -0.344. The van der Waals surface area contributed by atoms with Crippen LogP contribution in [0, 0.1) is 12.7 Å². The highest BCUT2D eigenvalue weighted by Crippen LogP contribution is 2.19. The van der Waals surface area contributed by atoms with E-state index in [-0.39, 0.29) is 5.56 Å². The number of rotatable bonds is 4. The van der Waals surface area contributed by atoms with Gasteiger partial charge < -0.3 is 10.1 Å². The first-order chi connectivity index (χ1) is 9.60. The normalized spacial score (nSPS) is 10.2. The van der Waals surface area contributed by atoms with Crippen LogP contribution < -0.4 is 10.1 Å². The van der Waals surface area contributed by atoms with Gasteiger partial charge in [-0.25, -0.2) is 4.39 Å². The van der Waals surface area contributed by atoms with Crippen LogP contribution in [0.25, 0.3) is 0 Å². The SMILES string of the molecule is CCOc1cccc(NC(=O)c2cc(C)ccc2F)c1. The maximum Gasteiger partial charge on any atom is 0.258 e. The minimum atomic E-state index is -0.533. The van der Waals surface area contributed by atoms with Crippen molar-refractivity contribution in [2.75, 3.05) is 11.9 Å². The van der Waals surface area contributed by atoms with Crippen molar-refractivity contribution in [3.63, 3.8) is 0 Å². The molecule has 104 valence electrons. The van der Waals surface area contributed by atoms with Crippen LogP contribution in [0.4, 0.5) is 10.1 Å². The molecule has 0 aliphatic heterocycles. The maximum absolute atomic E-state index is 13.6. The van der Waals surface area contributed by atoms with E-state index in [1.54, 1.807) is 30.3 Å². The highest BCUT2D eigenvalue weighted by atomic mass is 19.1. The summed E-state index contributed by atoms with van der Waals surface area (Å²) in [7, 11) is 0. The van der Waals surface area contributed by atoms with E-state index in [0.29, 0.717) is 18.0 Å². The topological polar surface area (TPSA) is 38.3 Å². The Morgan fingerprint density at radius 3 is 2.80 bits per heavy atom. The number of ether oxygens (including phenoxy) is 1. The summed E-state index contributed by atoms with van der Waals surface area (Å²) in [6, 6.07) is 11.4. The Kier molecular flexibility index (Phi) is 4.35. The zero-order valence-electron chi connectivity index (χ0n) is 11.4. The minimum absolute atomic E-state index is 0.0341. The van der Waals surface area contributed by atoms with Crippen molar-refractivity contribution in [2.24, 2.45) is 0 Å². The highest BCUT2D eigenvalue weighted by molar-refractivity contribution is 6.04. The van der Waals surface area contributed by atoms with Crippen LogP contribution in [0.15, 0.2) is 42.5 Å². The molecule has 0 spiro atoms. The molecule has 0 unspecified atom stereocenters. The van der Waals surface area contributed by atoms with E-state index in [0.717, 1.165) is 5.56 Å². The molecular weight excluding hydrogens is 257 g/mol. The summed E-state index contributed by atoms with van der Waals surface area (Å²) in [6.45, 7) is 4.24. The first-order valence-corrected chi connectivity index (χ1v) is 6.40. The van der Waals surface area contributed by atoms with E-state index < -0.39 is 11.7 Å². The monoisotopic (exact) mass is 273 g/mol. The Bertz CT molecular complexity index is 626. The molecule has 0 saturated carbocycles. The lowest BCUT2D eigenvalue weighted by Gasteiger charge is -2.09. The molecule has 3 nitrogen and oxygen atoms in total. The molecule has 0 aliphatic carbocycles. The average Bonchev–Trinajstić information content (AvgIpc) is 2.42. The molecule has 4 heteroatoms. The predicted molar refractivity (Wildman–Crippen MR) is 76.7 cm³/mol. The minimum Gasteiger partial charge on any atom is -0.494 e. The van der Waals surface area contributed by atoms with Gasteiger partial charge in [0.15, 0.2) is 0 Å². The zero-order valence-corrected chi connectivity index (χ0v) is 11.4. The number of anilines is 1. The average molecular weight is 273 g/mol. The molecule has 2 rings (SSSR count). The van der Waals surface area contributed by atoms with Crippen LogP contribution >= 0.6 is 0 Å². The van der Waals surface area contributed by atoms with Crippen molar-refractivity contribution in [2.45, 2.75) is 13.8 Å². The van der Waals surface area contributed by atoms with Crippen molar-refractivity contribution in [3.8, 4) is 5.75 Å². The second kappa shape index (κ2) is 6.19. The summed E-state index contributed by atoms with van der Waals surface area (Å²) in [5, 5.41) is 2.67. The molecule has 1 amide bonds. The Morgan fingerprint density at radius 2 is 2.05 bits per heavy atom. The third-order valence-corrected chi connectivity index (χ3v) is 2.77. The number of aryl methyl sites for hydroxylation is 1. The molecule has 1 N–H and O–H groups in total. The van der Waals surface area contributed by atoms with Crippen LogP contribution in [0.2, 0.25) is 0 Å². The van der Waals surface area contributed by atoms with Gasteiger partial charge in [-0.2, -0.15) is 0 Å². The fourth-order valence-corrected chi connectivity index (χ4v) is 1.84. The van der Waals surface area contributed by atoms with Crippen LogP contribution in [0.1, 0.15) is 22.8 Å². The van der Waals surface area contributed by atoms with Crippen molar-refractivity contribution in [3.05, 3.63) is 59.4 Å². The number of nitrogens with one attached hydrogen (secondary N) is 1. The van der Waals surface area contributed by atoms with Crippen molar-refractivity contribution in [1.82, 2.24) is 0 Å². The summed E-state index contributed by atoms with van der Waals surface area (Å²) in [6.07, 6.45) is 0. The van der Waals surface area contributed by atoms with E-state index in [1.165, 1.54) is 12.1 Å². The number of halogens is 1. The second-order valence-corrected chi connectivity index (χ2v) is 4.40. The van der Waals surface area contributed by atoms with Gasteiger partial charge >= 0.3 is 0 Å². The molecule has 20 heavy (non-hydrogen) atoms. The van der Waals surface area contributed by atoms with Gasteiger partial charge in [0, 0.05) is 11.8 Å². The zero-order chi connectivity index (χ0) is 14.5. The fourth-order valence-electron chi connectivity index (χ4n) is 1.84. The molecular formula is C16H16FNO2. The first-order valence-electron chi connectivity index (χ1n) is 6.40. The summed E-state index contributed by atoms with van der Waals surface area (Å²) in [4.78, 5) is 12.1. The van der Waals surface area contributed by atoms with Crippen LogP contribution in [0.3, 0.4) is 0 Å². The Labute approximate surface area is 117 Å². The summed E-state index contributed by atoms with van der Waals surface area (Å²) in [5.41, 5.74) is 1.44. The van der Waals surface area contributed by atoms with Crippen molar-refractivity contribution in [1.29, 1.82) is 0 Å². The molecule has 0 aliphatic rings. The van der Waals surface area contributed by atoms with Gasteiger partial charge in [-0.1, -0.05) is 17.7 Å². The van der Waals surface area contributed by atoms with Crippen LogP contribution in [-0.2, 0) is 0 Å². The number of carbonyl (C=O) groups excluding carboxylic acids is 1. The molecule has 0 atom stereocenters. The Morgan fingerprint density at radius 1 is 1.25 bits per heavy atom. The molecule has 0 aromatic heterocycles. The van der Waals surface area contributed by atoms with Gasteiger partial charge in [-0.3, -0.25) is 4.79 Å². The van der Waals surface area contributed by atoms with Crippen LogP contribution in [-0.4, -0.2) is 12.5 Å². The number of hydrogen-bond donors (Lipinski definition) is 1. The van der Waals surface area contributed by atoms with E-state index >= 15 is 0 Å². The van der Waals surface area contributed by atoms with E-state index in [4.69, 9.17) is 4.74 Å². The van der Waals surface area contributed by atoms with E-state index in [9.17, 15) is 9.18 Å². The molecule has 0 fully saturated rings. The number of benzene rings is 2. The third kappa shape index (κ3) is 3.35. The van der Waals surface area contributed by atoms with Gasteiger partial charge in [-0.15, -0.1) is 0 Å². The van der Waals surface area contributed by atoms with E-state index in [1.807, 2.05) is 13.8 Å². The Hall–Kier alpha value is -2.36. The van der Waals surface area contributed by atoms with Gasteiger partial charge in [0.05, 0.1) is 12.2 Å². The predicted octanol–water partition coefficient (Wildman–Crippen LogP) is 3.79. The number of hydrogen-bond acceptors (Lipinski definition) is 2. The molecule has 2 aromatic carbocycles. The van der Waals surface area contributed by atoms with Gasteiger partial charge in [-0.05, 0) is 38.1 Å². The van der Waals surface area contributed by atoms with E-state index in [2.05, 4.69) is 5.32 Å². The number of amides is 1. The lowest BCUT2D eigenvalue weighted by atomic mass is 10.1. The fraction of sp³-hybridized carbons (Fsp3) is 0.188. The third-order valence-electron chi connectivity index (χ3n) is 2.77. The highest BCUT2D eigenvalue weighted by Gasteiger charge is 2.12. The largest absolute Gasteiger partial charge is 0.494 e.